The molecule has 2 heteroatoms. The van der Waals surface area contributed by atoms with E-state index in [-0.39, 0.29) is 5.78 Å². The normalized spacial score (nSPS) is 10.4. The minimum absolute atomic E-state index is 0.128. The van der Waals surface area contributed by atoms with Crippen molar-refractivity contribution >= 4 is 5.78 Å². The Labute approximate surface area is 108 Å². The number of carbonyl (C=O) groups excluding carboxylic acids is 1. The Balaban J connectivity index is 2.27. The summed E-state index contributed by atoms with van der Waals surface area (Å²) in [7, 11) is 0. The molecule has 1 aromatic heterocycles. The second-order valence-electron chi connectivity index (χ2n) is 4.72. The Kier molecular flexibility index (Phi) is 3.56. The highest BCUT2D eigenvalue weighted by molar-refractivity contribution is 5.97. The highest BCUT2D eigenvalue weighted by Gasteiger charge is 2.11. The number of aryl methyl sites for hydroxylation is 3. The van der Waals surface area contributed by atoms with Crippen LogP contribution in [-0.2, 0) is 6.42 Å². The lowest BCUT2D eigenvalue weighted by Crippen LogP contribution is -2.07. The smallest absolute Gasteiger partial charge is 0.168 e. The zero-order chi connectivity index (χ0) is 13.1. The first-order chi connectivity index (χ1) is 8.58. The summed E-state index contributed by atoms with van der Waals surface area (Å²) in [5.74, 6) is 0.128. The number of benzene rings is 1. The summed E-state index contributed by atoms with van der Waals surface area (Å²) < 4.78 is 0. The van der Waals surface area contributed by atoms with Crippen molar-refractivity contribution in [3.8, 4) is 0 Å². The van der Waals surface area contributed by atoms with E-state index in [9.17, 15) is 4.79 Å². The minimum Gasteiger partial charge on any atom is -0.294 e. The molecule has 2 nitrogen and oxygen atoms in total. The summed E-state index contributed by atoms with van der Waals surface area (Å²) in [6.45, 7) is 6.04. The van der Waals surface area contributed by atoms with E-state index in [0.717, 1.165) is 11.1 Å². The number of hydrogen-bond donors (Lipinski definition) is 0. The molecule has 2 aromatic rings. The summed E-state index contributed by atoms with van der Waals surface area (Å²) in [6.07, 6.45) is 3.85. The van der Waals surface area contributed by atoms with Crippen molar-refractivity contribution in [2.75, 3.05) is 0 Å². The Morgan fingerprint density at radius 1 is 1.11 bits per heavy atom. The molecule has 0 N–H and O–H groups in total. The maximum Gasteiger partial charge on any atom is 0.168 e. The van der Waals surface area contributed by atoms with Crippen LogP contribution in [0.3, 0.4) is 0 Å². The molecule has 92 valence electrons. The van der Waals surface area contributed by atoms with Crippen LogP contribution >= 0.6 is 0 Å². The van der Waals surface area contributed by atoms with Gasteiger partial charge in [0.05, 0.1) is 0 Å². The van der Waals surface area contributed by atoms with Crippen LogP contribution < -0.4 is 0 Å². The first-order valence-electron chi connectivity index (χ1n) is 6.08. The fourth-order valence-electron chi connectivity index (χ4n) is 2.10. The summed E-state index contributed by atoms with van der Waals surface area (Å²) in [5.41, 5.74) is 5.18. The van der Waals surface area contributed by atoms with Crippen molar-refractivity contribution in [3.63, 3.8) is 0 Å². The van der Waals surface area contributed by atoms with Crippen LogP contribution in [0, 0.1) is 20.8 Å². The molecular formula is C16H17NO. The monoisotopic (exact) mass is 239 g/mol. The Morgan fingerprint density at radius 3 is 2.39 bits per heavy atom. The largest absolute Gasteiger partial charge is 0.294 e. The fraction of sp³-hybridized carbons (Fsp3) is 0.250. The summed E-state index contributed by atoms with van der Waals surface area (Å²) in [4.78, 5) is 16.3. The molecule has 0 bridgehead atoms. The van der Waals surface area contributed by atoms with Gasteiger partial charge in [0.15, 0.2) is 5.78 Å². The summed E-state index contributed by atoms with van der Waals surface area (Å²) in [5, 5.41) is 0. The maximum atomic E-state index is 12.2. The first-order valence-corrected chi connectivity index (χ1v) is 6.08. The summed E-state index contributed by atoms with van der Waals surface area (Å²) >= 11 is 0. The number of hydrogen-bond acceptors (Lipinski definition) is 2. The molecule has 0 aliphatic carbocycles. The number of aromatic nitrogens is 1. The van der Waals surface area contributed by atoms with Crippen molar-refractivity contribution in [2.24, 2.45) is 0 Å². The highest BCUT2D eigenvalue weighted by atomic mass is 16.1. The van der Waals surface area contributed by atoms with E-state index in [1.165, 1.54) is 11.1 Å². The third-order valence-corrected chi connectivity index (χ3v) is 3.18. The highest BCUT2D eigenvalue weighted by Crippen LogP contribution is 2.16. The maximum absolute atomic E-state index is 12.2. The Hall–Kier alpha value is -1.96. The number of Topliss-reactive ketones (excluding diaryl/α,β-unsaturated/α-hetero) is 1. The van der Waals surface area contributed by atoms with E-state index in [0.29, 0.717) is 12.0 Å². The number of rotatable bonds is 3. The Morgan fingerprint density at radius 2 is 1.78 bits per heavy atom. The number of pyridine rings is 1. The van der Waals surface area contributed by atoms with Gasteiger partial charge < -0.3 is 0 Å². The van der Waals surface area contributed by atoms with Crippen LogP contribution in [0.4, 0.5) is 0 Å². The second kappa shape index (κ2) is 5.13. The lowest BCUT2D eigenvalue weighted by molar-refractivity contribution is 0.0992. The number of ketones is 1. The first kappa shape index (κ1) is 12.5. The zero-order valence-electron chi connectivity index (χ0n) is 11.0. The number of nitrogens with zero attached hydrogens (tertiary/aromatic N) is 1. The van der Waals surface area contributed by atoms with E-state index in [1.54, 1.807) is 12.4 Å². The molecule has 0 spiro atoms. The molecule has 0 radical (unpaired) electrons. The van der Waals surface area contributed by atoms with E-state index in [1.807, 2.05) is 45.0 Å². The van der Waals surface area contributed by atoms with Gasteiger partial charge in [0.2, 0.25) is 0 Å². The molecule has 0 saturated heterocycles. The van der Waals surface area contributed by atoms with Gasteiger partial charge in [-0.05, 0) is 49.1 Å². The predicted molar refractivity (Wildman–Crippen MR) is 72.9 cm³/mol. The third-order valence-electron chi connectivity index (χ3n) is 3.18. The lowest BCUT2D eigenvalue weighted by atomic mass is 9.96. The Bertz CT molecular complexity index is 567. The quantitative estimate of drug-likeness (QED) is 0.768. The molecule has 0 unspecified atom stereocenters. The van der Waals surface area contributed by atoms with Crippen LogP contribution in [-0.4, -0.2) is 10.8 Å². The van der Waals surface area contributed by atoms with E-state index < -0.39 is 0 Å². The van der Waals surface area contributed by atoms with Crippen molar-refractivity contribution in [1.29, 1.82) is 0 Å². The zero-order valence-corrected chi connectivity index (χ0v) is 11.0. The van der Waals surface area contributed by atoms with E-state index >= 15 is 0 Å². The third kappa shape index (κ3) is 2.65. The van der Waals surface area contributed by atoms with Crippen LogP contribution in [0.5, 0.6) is 0 Å². The van der Waals surface area contributed by atoms with Gasteiger partial charge in [0, 0.05) is 24.4 Å². The van der Waals surface area contributed by atoms with Crippen molar-refractivity contribution < 1.29 is 4.79 Å². The van der Waals surface area contributed by atoms with Gasteiger partial charge in [-0.2, -0.15) is 0 Å². The van der Waals surface area contributed by atoms with Gasteiger partial charge in [-0.3, -0.25) is 9.78 Å². The van der Waals surface area contributed by atoms with Crippen molar-refractivity contribution in [1.82, 2.24) is 4.98 Å². The van der Waals surface area contributed by atoms with Gasteiger partial charge in [-0.1, -0.05) is 18.2 Å². The van der Waals surface area contributed by atoms with Gasteiger partial charge >= 0.3 is 0 Å². The van der Waals surface area contributed by atoms with Crippen molar-refractivity contribution in [3.05, 3.63) is 64.5 Å². The van der Waals surface area contributed by atoms with Gasteiger partial charge in [0.25, 0.3) is 0 Å². The van der Waals surface area contributed by atoms with E-state index in [2.05, 4.69) is 4.98 Å². The molecule has 1 aromatic carbocycles. The van der Waals surface area contributed by atoms with Crippen molar-refractivity contribution in [2.45, 2.75) is 27.2 Å². The standard InChI is InChI=1S/C16H17NO/c1-11-7-14(10-17-9-11)16(18)8-15-12(2)5-4-6-13(15)3/h4-7,9-10H,8H2,1-3H3. The summed E-state index contributed by atoms with van der Waals surface area (Å²) in [6, 6.07) is 8.00. The lowest BCUT2D eigenvalue weighted by Gasteiger charge is -2.09. The van der Waals surface area contributed by atoms with Crippen LogP contribution in [0.1, 0.15) is 32.6 Å². The minimum atomic E-state index is 0.128. The average molecular weight is 239 g/mol. The van der Waals surface area contributed by atoms with Gasteiger partial charge in [-0.25, -0.2) is 0 Å². The molecular weight excluding hydrogens is 222 g/mol. The SMILES string of the molecule is Cc1cncc(C(=O)Cc2c(C)cccc2C)c1. The molecule has 0 fully saturated rings. The molecule has 0 aliphatic heterocycles. The topological polar surface area (TPSA) is 30.0 Å². The fourth-order valence-corrected chi connectivity index (χ4v) is 2.10. The molecule has 18 heavy (non-hydrogen) atoms. The van der Waals surface area contributed by atoms with Gasteiger partial charge in [-0.15, -0.1) is 0 Å². The molecule has 0 saturated carbocycles. The second-order valence-corrected chi connectivity index (χ2v) is 4.72. The molecule has 1 heterocycles. The van der Waals surface area contributed by atoms with Crippen LogP contribution in [0.15, 0.2) is 36.7 Å². The van der Waals surface area contributed by atoms with Crippen LogP contribution in [0.2, 0.25) is 0 Å². The molecule has 0 aliphatic rings. The predicted octanol–water partition coefficient (Wildman–Crippen LogP) is 3.43. The molecule has 2 rings (SSSR count). The molecule has 0 amide bonds. The average Bonchev–Trinajstić information content (AvgIpc) is 2.34. The van der Waals surface area contributed by atoms with Crippen LogP contribution in [0.25, 0.3) is 0 Å². The van der Waals surface area contributed by atoms with E-state index in [4.69, 9.17) is 0 Å². The molecule has 0 atom stereocenters. The number of carbonyl (C=O) groups is 1. The van der Waals surface area contributed by atoms with Gasteiger partial charge in [0.1, 0.15) is 0 Å².